The van der Waals surface area contributed by atoms with Gasteiger partial charge in [-0.15, -0.1) is 0 Å². The number of aliphatic hydroxyl groups excluding tert-OH is 7. The van der Waals surface area contributed by atoms with Gasteiger partial charge in [0.05, 0.1) is 26.7 Å². The smallest absolute Gasteiger partial charge is 0.229 e. The first-order valence-electron chi connectivity index (χ1n) is 13.7. The third kappa shape index (κ3) is 6.01. The molecule has 16 nitrogen and oxygen atoms in total. The summed E-state index contributed by atoms with van der Waals surface area (Å²) in [5, 5.41) is 91.0. The van der Waals surface area contributed by atoms with E-state index < -0.39 is 86.5 Å². The number of aliphatic hydroxyl groups is 7. The third-order valence-corrected chi connectivity index (χ3v) is 7.76. The van der Waals surface area contributed by atoms with Crippen LogP contribution >= 0.6 is 0 Å². The van der Waals surface area contributed by atoms with Crippen molar-refractivity contribution in [3.63, 3.8) is 0 Å². The van der Waals surface area contributed by atoms with Crippen LogP contribution in [0.25, 0.3) is 0 Å². The van der Waals surface area contributed by atoms with Crippen LogP contribution in [0.3, 0.4) is 0 Å². The van der Waals surface area contributed by atoms with E-state index in [0.29, 0.717) is 5.56 Å². The summed E-state index contributed by atoms with van der Waals surface area (Å²) >= 11 is 0. The minimum Gasteiger partial charge on any atom is -0.504 e. The fourth-order valence-electron chi connectivity index (χ4n) is 5.34. The van der Waals surface area contributed by atoms with Crippen molar-refractivity contribution in [1.82, 2.24) is 0 Å². The van der Waals surface area contributed by atoms with Crippen molar-refractivity contribution >= 4 is 5.78 Å². The van der Waals surface area contributed by atoms with E-state index in [1.165, 1.54) is 37.4 Å². The van der Waals surface area contributed by atoms with Gasteiger partial charge in [0, 0.05) is 12.1 Å². The van der Waals surface area contributed by atoms with Crippen LogP contribution in [0, 0.1) is 0 Å². The summed E-state index contributed by atoms with van der Waals surface area (Å²) in [4.78, 5) is 13.1. The van der Waals surface area contributed by atoms with Crippen molar-refractivity contribution in [2.45, 2.75) is 73.9 Å². The van der Waals surface area contributed by atoms with Crippen molar-refractivity contribution < 1.29 is 79.2 Å². The van der Waals surface area contributed by atoms with Gasteiger partial charge in [0.15, 0.2) is 23.6 Å². The van der Waals surface area contributed by atoms with E-state index in [1.54, 1.807) is 0 Å². The van der Waals surface area contributed by atoms with Gasteiger partial charge in [-0.3, -0.25) is 4.79 Å². The molecule has 0 saturated carbocycles. The molecule has 242 valence electrons. The van der Waals surface area contributed by atoms with Crippen LogP contribution in [0.4, 0.5) is 0 Å². The Morgan fingerprint density at radius 2 is 1.50 bits per heavy atom. The first-order valence-corrected chi connectivity index (χ1v) is 13.7. The molecule has 0 aliphatic carbocycles. The lowest BCUT2D eigenvalue weighted by molar-refractivity contribution is -0.352. The normalized spacial score (nSPS) is 35.5. The number of ether oxygens (including phenoxy) is 6. The minimum absolute atomic E-state index is 0.0242. The Balaban J connectivity index is 1.34. The molecule has 3 heterocycles. The molecule has 0 radical (unpaired) electrons. The fourth-order valence-corrected chi connectivity index (χ4v) is 5.34. The molecule has 5 rings (SSSR count). The molecule has 2 fully saturated rings. The highest BCUT2D eigenvalue weighted by Crippen LogP contribution is 2.44. The SMILES string of the molecule is COc1cc(O[C@@H]2O[C@H](CO)[C@H](O[C@@H]3O[C@H](CO)[C@@H](O)[C@H](O)[C@H]3O)[C@H](O)[C@H]2O)cc2c1C(=O)CC(c1ccc(O)c(O)c1)O2. The molecule has 11 atom stereocenters. The van der Waals surface area contributed by atoms with Crippen LogP contribution < -0.4 is 14.2 Å². The first-order chi connectivity index (χ1) is 21.0. The fraction of sp³-hybridized carbons (Fsp3) is 0.536. The van der Waals surface area contributed by atoms with Crippen LogP contribution in [0.15, 0.2) is 30.3 Å². The summed E-state index contributed by atoms with van der Waals surface area (Å²) in [5.41, 5.74) is 0.528. The van der Waals surface area contributed by atoms with Gasteiger partial charge in [0.25, 0.3) is 0 Å². The number of aromatic hydroxyl groups is 2. The predicted molar refractivity (Wildman–Crippen MR) is 142 cm³/mol. The van der Waals surface area contributed by atoms with Crippen LogP contribution in [0.2, 0.25) is 0 Å². The number of benzene rings is 2. The first kappa shape index (κ1) is 32.1. The van der Waals surface area contributed by atoms with Crippen molar-refractivity contribution in [2.24, 2.45) is 0 Å². The molecule has 44 heavy (non-hydrogen) atoms. The Hall–Kier alpha value is -3.29. The number of fused-ring (bicyclic) bond motifs is 1. The largest absolute Gasteiger partial charge is 0.504 e. The summed E-state index contributed by atoms with van der Waals surface area (Å²) in [6.45, 7) is -1.49. The molecule has 0 amide bonds. The molecule has 2 aromatic carbocycles. The van der Waals surface area contributed by atoms with Gasteiger partial charge in [0.1, 0.15) is 77.7 Å². The van der Waals surface area contributed by atoms with E-state index in [-0.39, 0.29) is 40.8 Å². The molecule has 3 aliphatic rings. The predicted octanol–water partition coefficient (Wildman–Crippen LogP) is -2.18. The molecule has 16 heteroatoms. The summed E-state index contributed by atoms with van der Waals surface area (Å²) in [7, 11) is 1.31. The number of carbonyl (C=O) groups is 1. The van der Waals surface area contributed by atoms with Crippen LogP contribution in [-0.4, -0.2) is 133 Å². The number of rotatable bonds is 8. The average molecular weight is 627 g/mol. The molecule has 2 aromatic rings. The van der Waals surface area contributed by atoms with Gasteiger partial charge in [0.2, 0.25) is 6.29 Å². The van der Waals surface area contributed by atoms with Crippen molar-refractivity contribution in [3.05, 3.63) is 41.5 Å². The zero-order valence-electron chi connectivity index (χ0n) is 23.2. The van der Waals surface area contributed by atoms with E-state index in [2.05, 4.69) is 0 Å². The van der Waals surface area contributed by atoms with Crippen molar-refractivity contribution in [3.8, 4) is 28.7 Å². The lowest BCUT2D eigenvalue weighted by atomic mass is 9.95. The maximum atomic E-state index is 13.1. The minimum atomic E-state index is -1.81. The van der Waals surface area contributed by atoms with Crippen molar-refractivity contribution in [2.75, 3.05) is 20.3 Å². The molecule has 0 aromatic heterocycles. The number of hydrogen-bond acceptors (Lipinski definition) is 16. The summed E-state index contributed by atoms with van der Waals surface area (Å²) in [6.07, 6.45) is -17.3. The molecule has 9 N–H and O–H groups in total. The molecule has 0 bridgehead atoms. The van der Waals surface area contributed by atoms with Crippen LogP contribution in [-0.2, 0) is 14.2 Å². The maximum Gasteiger partial charge on any atom is 0.229 e. The van der Waals surface area contributed by atoms with Gasteiger partial charge in [-0.2, -0.15) is 0 Å². The van der Waals surface area contributed by atoms with Gasteiger partial charge in [-0.1, -0.05) is 6.07 Å². The summed E-state index contributed by atoms with van der Waals surface area (Å²) < 4.78 is 33.7. The number of phenolic OH excluding ortho intramolecular Hbond substituents is 2. The number of carbonyl (C=O) groups excluding carboxylic acids is 1. The third-order valence-electron chi connectivity index (χ3n) is 7.76. The second kappa shape index (κ2) is 13.0. The average Bonchev–Trinajstić information content (AvgIpc) is 3.01. The van der Waals surface area contributed by atoms with Crippen LogP contribution in [0.5, 0.6) is 28.7 Å². The zero-order chi connectivity index (χ0) is 31.9. The Morgan fingerprint density at radius 3 is 2.16 bits per heavy atom. The Morgan fingerprint density at radius 1 is 0.818 bits per heavy atom. The van der Waals surface area contributed by atoms with Gasteiger partial charge < -0.3 is 74.4 Å². The summed E-state index contributed by atoms with van der Waals surface area (Å²) in [5.74, 6) is -0.990. The molecular formula is C28H34O16. The number of phenols is 2. The lowest BCUT2D eigenvalue weighted by Gasteiger charge is -2.45. The topological polar surface area (TPSA) is 255 Å². The van der Waals surface area contributed by atoms with Gasteiger partial charge in [-0.25, -0.2) is 0 Å². The quantitative estimate of drug-likeness (QED) is 0.141. The highest BCUT2D eigenvalue weighted by atomic mass is 16.7. The highest BCUT2D eigenvalue weighted by Gasteiger charge is 2.51. The monoisotopic (exact) mass is 626 g/mol. The molecule has 2 saturated heterocycles. The Kier molecular flexibility index (Phi) is 9.47. The van der Waals surface area contributed by atoms with Crippen LogP contribution in [0.1, 0.15) is 28.4 Å². The van der Waals surface area contributed by atoms with E-state index >= 15 is 0 Å². The molecule has 0 spiro atoms. The number of ketones is 1. The van der Waals surface area contributed by atoms with Crippen molar-refractivity contribution in [1.29, 1.82) is 0 Å². The van der Waals surface area contributed by atoms with E-state index in [0.717, 1.165) is 0 Å². The number of Topliss-reactive ketones (excluding diaryl/α,β-unsaturated/α-hetero) is 1. The Labute approximate surface area is 249 Å². The summed E-state index contributed by atoms with van der Waals surface area (Å²) in [6, 6.07) is 6.67. The highest BCUT2D eigenvalue weighted by molar-refractivity contribution is 6.02. The second-order valence-electron chi connectivity index (χ2n) is 10.6. The van der Waals surface area contributed by atoms with E-state index in [1.807, 2.05) is 0 Å². The maximum absolute atomic E-state index is 13.1. The lowest BCUT2D eigenvalue weighted by Crippen LogP contribution is -2.65. The molecule has 3 aliphatic heterocycles. The number of hydrogen-bond donors (Lipinski definition) is 9. The Bertz CT molecular complexity index is 1330. The van der Waals surface area contributed by atoms with Gasteiger partial charge in [-0.05, 0) is 17.7 Å². The molecular weight excluding hydrogens is 592 g/mol. The zero-order valence-corrected chi connectivity index (χ0v) is 23.2. The van der Waals surface area contributed by atoms with E-state index in [9.17, 15) is 50.8 Å². The number of methoxy groups -OCH3 is 1. The second-order valence-corrected chi connectivity index (χ2v) is 10.6. The van der Waals surface area contributed by atoms with Gasteiger partial charge >= 0.3 is 0 Å². The van der Waals surface area contributed by atoms with E-state index in [4.69, 9.17) is 28.4 Å². The standard InChI is InChI=1S/C28H34O16/c1-39-16-5-11(6-17-20(16)14(33)7-15(41-17)10-2-3-12(31)13(32)4-10)40-27-25(38)23(36)26(19(9-30)43-27)44-28-24(37)22(35)21(34)18(8-29)42-28/h2-6,15,18-19,21-32,34-38H,7-9H2,1H3/t15?,18-,19-,21-,22+,23-,24-,25-,26+,27-,28+/m1/s1. The molecule has 1 unspecified atom stereocenters.